The topological polar surface area (TPSA) is 68.0 Å². The van der Waals surface area contributed by atoms with Crippen LogP contribution >= 0.6 is 11.8 Å². The molecule has 1 aromatic rings. The number of carboxylic acid groups (broad SMARTS) is 1. The Morgan fingerprint density at radius 1 is 1.45 bits per heavy atom. The van der Waals surface area contributed by atoms with Crippen molar-refractivity contribution in [1.29, 1.82) is 0 Å². The minimum Gasteiger partial charge on any atom is -0.481 e. The highest BCUT2D eigenvalue weighted by atomic mass is 32.2. The van der Waals surface area contributed by atoms with E-state index in [0.29, 0.717) is 5.92 Å². The van der Waals surface area contributed by atoms with Gasteiger partial charge in [-0.1, -0.05) is 38.5 Å². The summed E-state index contributed by atoms with van der Waals surface area (Å²) in [6.07, 6.45) is 5.98. The van der Waals surface area contributed by atoms with Crippen LogP contribution in [0.2, 0.25) is 0 Å². The second-order valence-corrected chi connectivity index (χ2v) is 6.63. The number of thioether (sulfide) groups is 1. The van der Waals surface area contributed by atoms with E-state index >= 15 is 0 Å². The molecule has 20 heavy (non-hydrogen) atoms. The third kappa shape index (κ3) is 3.98. The van der Waals surface area contributed by atoms with Crippen LogP contribution in [-0.4, -0.2) is 31.6 Å². The molecule has 0 saturated heterocycles. The van der Waals surface area contributed by atoms with Crippen molar-refractivity contribution in [2.75, 3.05) is 5.75 Å². The second kappa shape index (κ2) is 7.11. The van der Waals surface area contributed by atoms with Gasteiger partial charge < -0.3 is 9.67 Å². The highest BCUT2D eigenvalue weighted by Crippen LogP contribution is 2.31. The average Bonchev–Trinajstić information content (AvgIpc) is 2.78. The molecule has 1 fully saturated rings. The smallest absolute Gasteiger partial charge is 0.313 e. The van der Waals surface area contributed by atoms with Crippen molar-refractivity contribution in [1.82, 2.24) is 14.8 Å². The fraction of sp³-hybridized carbons (Fsp3) is 0.786. The number of hydrogen-bond donors (Lipinski definition) is 1. The molecule has 1 aliphatic rings. The first-order chi connectivity index (χ1) is 9.60. The SMILES string of the molecule is CCc1nnc(SCC(=O)O)n1CC1CCCC(C)C1. The lowest BCUT2D eigenvalue weighted by Crippen LogP contribution is -2.20. The molecule has 0 amide bonds. The van der Waals surface area contributed by atoms with Gasteiger partial charge in [0.25, 0.3) is 0 Å². The van der Waals surface area contributed by atoms with Crippen LogP contribution in [0.15, 0.2) is 5.16 Å². The summed E-state index contributed by atoms with van der Waals surface area (Å²) in [5.74, 6) is 1.67. The van der Waals surface area contributed by atoms with Gasteiger partial charge in [-0.05, 0) is 24.7 Å². The largest absolute Gasteiger partial charge is 0.481 e. The first-order valence-electron chi connectivity index (χ1n) is 7.36. The van der Waals surface area contributed by atoms with Crippen LogP contribution in [0.25, 0.3) is 0 Å². The van der Waals surface area contributed by atoms with Gasteiger partial charge in [0.2, 0.25) is 0 Å². The quantitative estimate of drug-likeness (QED) is 0.818. The third-order valence-corrected chi connectivity index (χ3v) is 4.87. The first kappa shape index (κ1) is 15.4. The summed E-state index contributed by atoms with van der Waals surface area (Å²) in [6, 6.07) is 0. The van der Waals surface area contributed by atoms with E-state index in [9.17, 15) is 4.79 Å². The number of carboxylic acids is 1. The molecular weight excluding hydrogens is 274 g/mol. The van der Waals surface area contributed by atoms with E-state index in [0.717, 1.165) is 29.9 Å². The highest BCUT2D eigenvalue weighted by Gasteiger charge is 2.22. The predicted molar refractivity (Wildman–Crippen MR) is 78.9 cm³/mol. The van der Waals surface area contributed by atoms with Crippen LogP contribution < -0.4 is 0 Å². The Balaban J connectivity index is 2.07. The van der Waals surface area contributed by atoms with Gasteiger partial charge in [-0.25, -0.2) is 0 Å². The lowest BCUT2D eigenvalue weighted by Gasteiger charge is -2.27. The van der Waals surface area contributed by atoms with Gasteiger partial charge in [-0.15, -0.1) is 10.2 Å². The van der Waals surface area contributed by atoms with Crippen molar-refractivity contribution in [3.8, 4) is 0 Å². The molecule has 1 aliphatic carbocycles. The molecular formula is C14H23N3O2S. The number of nitrogens with zero attached hydrogens (tertiary/aromatic N) is 3. The molecule has 1 heterocycles. The lowest BCUT2D eigenvalue weighted by atomic mass is 9.82. The van der Waals surface area contributed by atoms with E-state index < -0.39 is 5.97 Å². The van der Waals surface area contributed by atoms with E-state index in [-0.39, 0.29) is 5.75 Å². The molecule has 0 bridgehead atoms. The maximum Gasteiger partial charge on any atom is 0.313 e. The van der Waals surface area contributed by atoms with Crippen molar-refractivity contribution in [3.63, 3.8) is 0 Å². The Hall–Kier alpha value is -1.04. The number of carbonyl (C=O) groups is 1. The normalized spacial score (nSPS) is 22.9. The zero-order valence-electron chi connectivity index (χ0n) is 12.2. The fourth-order valence-electron chi connectivity index (χ4n) is 2.98. The van der Waals surface area contributed by atoms with E-state index in [1.807, 2.05) is 0 Å². The summed E-state index contributed by atoms with van der Waals surface area (Å²) in [5, 5.41) is 17.9. The van der Waals surface area contributed by atoms with Crippen molar-refractivity contribution >= 4 is 17.7 Å². The minimum atomic E-state index is -0.811. The summed E-state index contributed by atoms with van der Waals surface area (Å²) < 4.78 is 2.14. The monoisotopic (exact) mass is 297 g/mol. The highest BCUT2D eigenvalue weighted by molar-refractivity contribution is 7.99. The van der Waals surface area contributed by atoms with Gasteiger partial charge in [-0.3, -0.25) is 4.79 Å². The van der Waals surface area contributed by atoms with Gasteiger partial charge in [0.15, 0.2) is 5.16 Å². The molecule has 1 N–H and O–H groups in total. The maximum absolute atomic E-state index is 10.7. The number of hydrogen-bond acceptors (Lipinski definition) is 4. The Morgan fingerprint density at radius 3 is 2.90 bits per heavy atom. The molecule has 2 rings (SSSR count). The van der Waals surface area contributed by atoms with Gasteiger partial charge >= 0.3 is 5.97 Å². The molecule has 0 aliphatic heterocycles. The molecule has 2 unspecified atom stereocenters. The van der Waals surface area contributed by atoms with E-state index in [1.165, 1.54) is 37.4 Å². The number of aromatic nitrogens is 3. The fourth-order valence-corrected chi connectivity index (χ4v) is 3.67. The molecule has 2 atom stereocenters. The molecule has 0 spiro atoms. The molecule has 6 heteroatoms. The lowest BCUT2D eigenvalue weighted by molar-refractivity contribution is -0.133. The van der Waals surface area contributed by atoms with Crippen LogP contribution in [0.3, 0.4) is 0 Å². The van der Waals surface area contributed by atoms with Gasteiger partial charge in [0, 0.05) is 13.0 Å². The number of aliphatic carboxylic acids is 1. The van der Waals surface area contributed by atoms with Gasteiger partial charge in [0.05, 0.1) is 5.75 Å². The van der Waals surface area contributed by atoms with Crippen LogP contribution in [0, 0.1) is 11.8 Å². The minimum absolute atomic E-state index is 0.0446. The van der Waals surface area contributed by atoms with Crippen LogP contribution in [-0.2, 0) is 17.8 Å². The van der Waals surface area contributed by atoms with Gasteiger partial charge in [-0.2, -0.15) is 0 Å². The van der Waals surface area contributed by atoms with Crippen molar-refractivity contribution in [3.05, 3.63) is 5.82 Å². The standard InChI is InChI=1S/C14H23N3O2S/c1-3-12-15-16-14(20-9-13(18)19)17(12)8-11-6-4-5-10(2)7-11/h10-11H,3-9H2,1-2H3,(H,18,19). The molecule has 0 radical (unpaired) electrons. The predicted octanol–water partition coefficient (Wildman–Crippen LogP) is 2.84. The molecule has 0 aromatic carbocycles. The molecule has 1 aromatic heterocycles. The average molecular weight is 297 g/mol. The number of rotatable bonds is 6. The van der Waals surface area contributed by atoms with Crippen molar-refractivity contribution in [2.24, 2.45) is 11.8 Å². The van der Waals surface area contributed by atoms with E-state index in [1.54, 1.807) is 0 Å². The zero-order valence-corrected chi connectivity index (χ0v) is 13.0. The third-order valence-electron chi connectivity index (χ3n) is 3.92. The summed E-state index contributed by atoms with van der Waals surface area (Å²) in [4.78, 5) is 10.7. The second-order valence-electron chi connectivity index (χ2n) is 5.68. The Morgan fingerprint density at radius 2 is 2.25 bits per heavy atom. The molecule has 5 nitrogen and oxygen atoms in total. The summed E-state index contributed by atoms with van der Waals surface area (Å²) >= 11 is 1.27. The van der Waals surface area contributed by atoms with E-state index in [4.69, 9.17) is 5.11 Å². The molecule has 1 saturated carbocycles. The molecule has 112 valence electrons. The summed E-state index contributed by atoms with van der Waals surface area (Å²) in [5.41, 5.74) is 0. The first-order valence-corrected chi connectivity index (χ1v) is 8.35. The Kier molecular flexibility index (Phi) is 5.46. The summed E-state index contributed by atoms with van der Waals surface area (Å²) in [6.45, 7) is 5.32. The van der Waals surface area contributed by atoms with Crippen molar-refractivity contribution < 1.29 is 9.90 Å². The van der Waals surface area contributed by atoms with Crippen LogP contribution in [0.5, 0.6) is 0 Å². The van der Waals surface area contributed by atoms with Gasteiger partial charge in [0.1, 0.15) is 5.82 Å². The van der Waals surface area contributed by atoms with Crippen LogP contribution in [0.4, 0.5) is 0 Å². The maximum atomic E-state index is 10.7. The Labute approximate surface area is 124 Å². The van der Waals surface area contributed by atoms with E-state index in [2.05, 4.69) is 28.6 Å². The number of aryl methyl sites for hydroxylation is 1. The van der Waals surface area contributed by atoms with Crippen LogP contribution in [0.1, 0.15) is 45.4 Å². The summed E-state index contributed by atoms with van der Waals surface area (Å²) in [7, 11) is 0. The zero-order chi connectivity index (χ0) is 14.5. The Bertz CT molecular complexity index is 461. The van der Waals surface area contributed by atoms with Crippen molar-refractivity contribution in [2.45, 2.75) is 57.7 Å².